The summed E-state index contributed by atoms with van der Waals surface area (Å²) in [5.74, 6) is 0.389. The topological polar surface area (TPSA) is 66.9 Å². The van der Waals surface area contributed by atoms with Gasteiger partial charge in [-0.1, -0.05) is 18.2 Å². The van der Waals surface area contributed by atoms with Crippen LogP contribution < -0.4 is 13.9 Å². The number of methoxy groups -OCH3 is 1. The molecule has 0 bridgehead atoms. The molecule has 174 valence electrons. The second-order valence-electron chi connectivity index (χ2n) is 8.26. The molecule has 0 fully saturated rings. The van der Waals surface area contributed by atoms with E-state index in [0.29, 0.717) is 17.0 Å². The Balaban J connectivity index is 1.98. The van der Waals surface area contributed by atoms with Gasteiger partial charge in [-0.2, -0.15) is 0 Å². The average Bonchev–Trinajstić information content (AvgIpc) is 2.80. The van der Waals surface area contributed by atoms with Crippen LogP contribution >= 0.6 is 0 Å². The predicted molar refractivity (Wildman–Crippen MR) is 133 cm³/mol. The fraction of sp³-hybridized carbons (Fsp3) is 0.269. The highest BCUT2D eigenvalue weighted by atomic mass is 32.2. The van der Waals surface area contributed by atoms with Crippen LogP contribution in [-0.4, -0.2) is 34.5 Å². The first-order chi connectivity index (χ1) is 15.6. The number of aryl methyl sites for hydroxylation is 2. The Hall–Kier alpha value is -3.32. The Bertz CT molecular complexity index is 1250. The van der Waals surface area contributed by atoms with Crippen molar-refractivity contribution in [1.82, 2.24) is 0 Å². The minimum Gasteiger partial charge on any atom is -0.497 e. The minimum atomic E-state index is -3.87. The number of sulfonamides is 1. The monoisotopic (exact) mass is 466 g/mol. The molecule has 3 aromatic rings. The van der Waals surface area contributed by atoms with Gasteiger partial charge in [0.25, 0.3) is 15.9 Å². The molecule has 0 atom stereocenters. The van der Waals surface area contributed by atoms with E-state index < -0.39 is 10.0 Å². The van der Waals surface area contributed by atoms with Gasteiger partial charge in [0.15, 0.2) is 0 Å². The maximum Gasteiger partial charge on any atom is 0.264 e. The number of nitrogens with zero attached hydrogens (tertiary/aromatic N) is 2. The van der Waals surface area contributed by atoms with Gasteiger partial charge in [0.05, 0.1) is 17.7 Å². The summed E-state index contributed by atoms with van der Waals surface area (Å²) >= 11 is 0. The molecule has 3 aromatic carbocycles. The number of rotatable bonds is 7. The lowest BCUT2D eigenvalue weighted by Gasteiger charge is -2.29. The smallest absolute Gasteiger partial charge is 0.264 e. The summed E-state index contributed by atoms with van der Waals surface area (Å²) in [7, 11) is -0.831. The van der Waals surface area contributed by atoms with Crippen molar-refractivity contribution in [2.24, 2.45) is 0 Å². The first-order valence-corrected chi connectivity index (χ1v) is 12.1. The Morgan fingerprint density at radius 3 is 2.21 bits per heavy atom. The summed E-state index contributed by atoms with van der Waals surface area (Å²) in [4.78, 5) is 15.3. The molecule has 0 radical (unpaired) electrons. The zero-order valence-electron chi connectivity index (χ0n) is 19.9. The van der Waals surface area contributed by atoms with E-state index in [0.717, 1.165) is 16.8 Å². The zero-order chi connectivity index (χ0) is 24.3. The fourth-order valence-electron chi connectivity index (χ4n) is 3.62. The fourth-order valence-corrected chi connectivity index (χ4v) is 4.86. The van der Waals surface area contributed by atoms with Gasteiger partial charge in [-0.05, 0) is 87.4 Å². The highest BCUT2D eigenvalue weighted by Crippen LogP contribution is 2.28. The molecule has 0 heterocycles. The summed E-state index contributed by atoms with van der Waals surface area (Å²) in [6, 6.07) is 18.8. The summed E-state index contributed by atoms with van der Waals surface area (Å²) in [5, 5.41) is 0. The third-order valence-electron chi connectivity index (χ3n) is 5.53. The van der Waals surface area contributed by atoms with E-state index in [-0.39, 0.29) is 16.8 Å². The number of hydrogen-bond donors (Lipinski definition) is 0. The van der Waals surface area contributed by atoms with Gasteiger partial charge in [-0.15, -0.1) is 0 Å². The average molecular weight is 467 g/mol. The van der Waals surface area contributed by atoms with Gasteiger partial charge >= 0.3 is 0 Å². The number of amides is 1. The third-order valence-corrected chi connectivity index (χ3v) is 7.32. The number of carbonyl (C=O) groups excluding carboxylic acids is 1. The van der Waals surface area contributed by atoms with Crippen LogP contribution in [0.4, 0.5) is 11.4 Å². The normalized spacial score (nSPS) is 11.4. The number of carbonyl (C=O) groups is 1. The Labute approximate surface area is 196 Å². The van der Waals surface area contributed by atoms with Crippen molar-refractivity contribution in [1.29, 1.82) is 0 Å². The van der Waals surface area contributed by atoms with E-state index in [1.165, 1.54) is 23.5 Å². The predicted octanol–water partition coefficient (Wildman–Crippen LogP) is 5.19. The molecule has 0 unspecified atom stereocenters. The molecule has 0 aliphatic rings. The van der Waals surface area contributed by atoms with Crippen LogP contribution in [0.25, 0.3) is 0 Å². The molecule has 0 saturated heterocycles. The zero-order valence-corrected chi connectivity index (χ0v) is 20.7. The molecule has 6 nitrogen and oxygen atoms in total. The maximum atomic E-state index is 13.5. The summed E-state index contributed by atoms with van der Waals surface area (Å²) in [6.45, 7) is 7.83. The standard InChI is InChI=1S/C26H30N2O4S/c1-18(2)28(25-16-19(3)10-11-20(25)4)26(29)21-8-7-9-24(17-21)33(30,31)27(5)22-12-14-23(32-6)15-13-22/h7-18H,1-6H3. The molecule has 33 heavy (non-hydrogen) atoms. The molecule has 1 amide bonds. The van der Waals surface area contributed by atoms with Crippen LogP contribution in [0.15, 0.2) is 71.6 Å². The van der Waals surface area contributed by atoms with E-state index in [1.54, 1.807) is 48.4 Å². The molecule has 0 aromatic heterocycles. The molecule has 0 saturated carbocycles. The molecule has 0 N–H and O–H groups in total. The van der Waals surface area contributed by atoms with Crippen LogP contribution in [0.5, 0.6) is 5.75 Å². The molecule has 7 heteroatoms. The Morgan fingerprint density at radius 1 is 0.939 bits per heavy atom. The third kappa shape index (κ3) is 5.03. The van der Waals surface area contributed by atoms with Crippen molar-refractivity contribution < 1.29 is 17.9 Å². The first-order valence-electron chi connectivity index (χ1n) is 10.7. The lowest BCUT2D eigenvalue weighted by Crippen LogP contribution is -2.37. The molecule has 0 aliphatic heterocycles. The summed E-state index contributed by atoms with van der Waals surface area (Å²) < 4.78 is 32.9. The van der Waals surface area contributed by atoms with Gasteiger partial charge in [-0.25, -0.2) is 8.42 Å². The van der Waals surface area contributed by atoms with E-state index in [9.17, 15) is 13.2 Å². The van der Waals surface area contributed by atoms with Gasteiger partial charge in [0.1, 0.15) is 5.75 Å². The van der Waals surface area contributed by atoms with E-state index in [4.69, 9.17) is 4.74 Å². The van der Waals surface area contributed by atoms with E-state index in [1.807, 2.05) is 45.9 Å². The number of ether oxygens (including phenoxy) is 1. The number of hydrogen-bond acceptors (Lipinski definition) is 4. The highest BCUT2D eigenvalue weighted by molar-refractivity contribution is 7.92. The Kier molecular flexibility index (Phi) is 7.12. The van der Waals surface area contributed by atoms with Gasteiger partial charge in [0.2, 0.25) is 0 Å². The summed E-state index contributed by atoms with van der Waals surface area (Å²) in [6.07, 6.45) is 0. The number of anilines is 2. The van der Waals surface area contributed by atoms with Crippen LogP contribution in [0, 0.1) is 13.8 Å². The Morgan fingerprint density at radius 2 is 1.61 bits per heavy atom. The molecule has 0 spiro atoms. The molecular weight excluding hydrogens is 436 g/mol. The highest BCUT2D eigenvalue weighted by Gasteiger charge is 2.26. The number of benzene rings is 3. The quantitative estimate of drug-likeness (QED) is 0.480. The molecule has 3 rings (SSSR count). The molecule has 0 aliphatic carbocycles. The van der Waals surface area contributed by atoms with Crippen LogP contribution in [-0.2, 0) is 10.0 Å². The van der Waals surface area contributed by atoms with Gasteiger partial charge < -0.3 is 9.64 Å². The second-order valence-corrected chi connectivity index (χ2v) is 10.2. The summed E-state index contributed by atoms with van der Waals surface area (Å²) in [5.41, 5.74) is 3.65. The van der Waals surface area contributed by atoms with Crippen molar-refractivity contribution >= 4 is 27.3 Å². The first kappa shape index (κ1) is 24.3. The lowest BCUT2D eigenvalue weighted by molar-refractivity contribution is 0.0980. The van der Waals surface area contributed by atoms with E-state index in [2.05, 4.69) is 0 Å². The van der Waals surface area contributed by atoms with Crippen LogP contribution in [0.2, 0.25) is 0 Å². The van der Waals surface area contributed by atoms with Crippen molar-refractivity contribution in [2.75, 3.05) is 23.4 Å². The largest absolute Gasteiger partial charge is 0.497 e. The van der Waals surface area contributed by atoms with Crippen molar-refractivity contribution in [3.63, 3.8) is 0 Å². The van der Waals surface area contributed by atoms with Gasteiger partial charge in [0, 0.05) is 24.3 Å². The van der Waals surface area contributed by atoms with Crippen molar-refractivity contribution in [3.8, 4) is 5.75 Å². The lowest BCUT2D eigenvalue weighted by atomic mass is 10.1. The molecular formula is C26H30N2O4S. The van der Waals surface area contributed by atoms with Crippen molar-refractivity contribution in [3.05, 3.63) is 83.4 Å². The maximum absolute atomic E-state index is 13.5. The SMILES string of the molecule is COc1ccc(N(C)S(=O)(=O)c2cccc(C(=O)N(c3cc(C)ccc3C)C(C)C)c2)cc1. The minimum absolute atomic E-state index is 0.0522. The van der Waals surface area contributed by atoms with Crippen LogP contribution in [0.3, 0.4) is 0 Å². The van der Waals surface area contributed by atoms with E-state index >= 15 is 0 Å². The van der Waals surface area contributed by atoms with Gasteiger partial charge in [-0.3, -0.25) is 9.10 Å². The van der Waals surface area contributed by atoms with Crippen molar-refractivity contribution in [2.45, 2.75) is 38.6 Å². The second kappa shape index (κ2) is 9.67. The van der Waals surface area contributed by atoms with Crippen LogP contribution in [0.1, 0.15) is 35.3 Å².